The first-order valence-electron chi connectivity index (χ1n) is 6.84. The molecule has 0 fully saturated rings. The minimum absolute atomic E-state index is 0.126. The number of halogens is 1. The van der Waals surface area contributed by atoms with Crippen molar-refractivity contribution in [3.05, 3.63) is 24.2 Å². The summed E-state index contributed by atoms with van der Waals surface area (Å²) in [5.41, 5.74) is 1.98. The highest BCUT2D eigenvalue weighted by Gasteiger charge is 2.16. The minimum Gasteiger partial charge on any atom is -0.367 e. The SMILES string of the molecule is CCC(CC)C(Cl)CNc1nccn2nc(C)cc12. The van der Waals surface area contributed by atoms with Crippen LogP contribution in [0.4, 0.5) is 5.82 Å². The van der Waals surface area contributed by atoms with Crippen LogP contribution in [0.3, 0.4) is 0 Å². The van der Waals surface area contributed by atoms with Crippen molar-refractivity contribution in [3.63, 3.8) is 0 Å². The number of fused-ring (bicyclic) bond motifs is 1. The molecule has 0 spiro atoms. The fourth-order valence-electron chi connectivity index (χ4n) is 2.34. The van der Waals surface area contributed by atoms with Gasteiger partial charge in [0.1, 0.15) is 5.52 Å². The third-order valence-corrected chi connectivity index (χ3v) is 4.05. The van der Waals surface area contributed by atoms with Crippen molar-refractivity contribution in [1.29, 1.82) is 0 Å². The first-order chi connectivity index (χ1) is 9.15. The molecule has 19 heavy (non-hydrogen) atoms. The van der Waals surface area contributed by atoms with E-state index in [-0.39, 0.29) is 5.38 Å². The maximum Gasteiger partial charge on any atom is 0.152 e. The first-order valence-corrected chi connectivity index (χ1v) is 7.28. The molecule has 0 aliphatic rings. The molecule has 2 heterocycles. The average molecular weight is 281 g/mol. The molecule has 1 atom stereocenters. The van der Waals surface area contributed by atoms with Crippen molar-refractivity contribution >= 4 is 22.9 Å². The fraction of sp³-hybridized carbons (Fsp3) is 0.571. The lowest BCUT2D eigenvalue weighted by molar-refractivity contribution is 0.475. The van der Waals surface area contributed by atoms with Gasteiger partial charge in [0, 0.05) is 18.9 Å². The fourth-order valence-corrected chi connectivity index (χ4v) is 2.78. The maximum absolute atomic E-state index is 6.44. The lowest BCUT2D eigenvalue weighted by Crippen LogP contribution is -2.23. The van der Waals surface area contributed by atoms with Gasteiger partial charge < -0.3 is 5.32 Å². The molecule has 104 valence electrons. The van der Waals surface area contributed by atoms with Gasteiger partial charge in [-0.15, -0.1) is 11.6 Å². The monoisotopic (exact) mass is 280 g/mol. The summed E-state index contributed by atoms with van der Waals surface area (Å²) in [5, 5.41) is 7.84. The maximum atomic E-state index is 6.44. The molecule has 2 rings (SSSR count). The van der Waals surface area contributed by atoms with Crippen LogP contribution in [0.5, 0.6) is 0 Å². The molecule has 0 saturated heterocycles. The number of hydrogen-bond acceptors (Lipinski definition) is 3. The summed E-state index contributed by atoms with van der Waals surface area (Å²) in [7, 11) is 0. The van der Waals surface area contributed by atoms with E-state index in [0.29, 0.717) is 5.92 Å². The summed E-state index contributed by atoms with van der Waals surface area (Å²) < 4.78 is 1.84. The third-order valence-electron chi connectivity index (χ3n) is 3.54. The van der Waals surface area contributed by atoms with Crippen LogP contribution in [-0.2, 0) is 0 Å². The Balaban J connectivity index is 2.09. The lowest BCUT2D eigenvalue weighted by atomic mass is 9.99. The summed E-state index contributed by atoms with van der Waals surface area (Å²) >= 11 is 6.44. The van der Waals surface area contributed by atoms with Crippen LogP contribution in [0.25, 0.3) is 5.52 Å². The highest BCUT2D eigenvalue weighted by Crippen LogP contribution is 2.20. The quantitative estimate of drug-likeness (QED) is 0.824. The van der Waals surface area contributed by atoms with Gasteiger partial charge in [-0.1, -0.05) is 26.7 Å². The molecular formula is C14H21ClN4. The number of nitrogens with one attached hydrogen (secondary N) is 1. The Hall–Kier alpha value is -1.29. The Morgan fingerprint density at radius 3 is 2.79 bits per heavy atom. The van der Waals surface area contributed by atoms with Gasteiger partial charge in [-0.2, -0.15) is 5.10 Å². The van der Waals surface area contributed by atoms with Gasteiger partial charge in [0.2, 0.25) is 0 Å². The Morgan fingerprint density at radius 2 is 2.11 bits per heavy atom. The van der Waals surface area contributed by atoms with Crippen LogP contribution >= 0.6 is 11.6 Å². The van der Waals surface area contributed by atoms with Crippen LogP contribution in [0.1, 0.15) is 32.4 Å². The topological polar surface area (TPSA) is 42.2 Å². The lowest BCUT2D eigenvalue weighted by Gasteiger charge is -2.19. The molecule has 0 amide bonds. The number of nitrogens with zero attached hydrogens (tertiary/aromatic N) is 3. The van der Waals surface area contributed by atoms with E-state index in [2.05, 4.69) is 29.2 Å². The molecule has 2 aromatic rings. The van der Waals surface area contributed by atoms with E-state index in [4.69, 9.17) is 11.6 Å². The Kier molecular flexibility index (Phi) is 4.64. The zero-order valence-electron chi connectivity index (χ0n) is 11.7. The molecule has 4 nitrogen and oxygen atoms in total. The van der Waals surface area contributed by atoms with E-state index in [1.54, 1.807) is 6.20 Å². The number of hydrogen-bond donors (Lipinski definition) is 1. The Labute approximate surface area is 119 Å². The molecule has 0 aliphatic carbocycles. The average Bonchev–Trinajstić information content (AvgIpc) is 2.78. The van der Waals surface area contributed by atoms with E-state index >= 15 is 0 Å². The van der Waals surface area contributed by atoms with Crippen molar-refractivity contribution < 1.29 is 0 Å². The zero-order chi connectivity index (χ0) is 13.8. The van der Waals surface area contributed by atoms with E-state index in [0.717, 1.165) is 36.4 Å². The molecule has 0 saturated carbocycles. The van der Waals surface area contributed by atoms with Gasteiger partial charge in [-0.25, -0.2) is 9.50 Å². The van der Waals surface area contributed by atoms with Crippen molar-refractivity contribution in [2.45, 2.75) is 39.0 Å². The van der Waals surface area contributed by atoms with E-state index in [9.17, 15) is 0 Å². The molecule has 0 radical (unpaired) electrons. The molecule has 5 heteroatoms. The van der Waals surface area contributed by atoms with E-state index in [1.165, 1.54) is 0 Å². The van der Waals surface area contributed by atoms with Crippen molar-refractivity contribution in [1.82, 2.24) is 14.6 Å². The second-order valence-electron chi connectivity index (χ2n) is 4.86. The number of aromatic nitrogens is 3. The predicted octanol–water partition coefficient (Wildman–Crippen LogP) is 3.49. The van der Waals surface area contributed by atoms with Gasteiger partial charge in [0.05, 0.1) is 11.1 Å². The summed E-state index contributed by atoms with van der Waals surface area (Å²) in [6, 6.07) is 2.02. The van der Waals surface area contributed by atoms with Crippen LogP contribution in [-0.4, -0.2) is 26.5 Å². The summed E-state index contributed by atoms with van der Waals surface area (Å²) in [6.45, 7) is 7.07. The molecule has 0 bridgehead atoms. The highest BCUT2D eigenvalue weighted by molar-refractivity contribution is 6.21. The Morgan fingerprint density at radius 1 is 1.37 bits per heavy atom. The predicted molar refractivity (Wildman–Crippen MR) is 79.9 cm³/mol. The van der Waals surface area contributed by atoms with Crippen LogP contribution < -0.4 is 5.32 Å². The molecule has 0 aliphatic heterocycles. The summed E-state index contributed by atoms with van der Waals surface area (Å²) in [4.78, 5) is 4.37. The van der Waals surface area contributed by atoms with E-state index in [1.807, 2.05) is 23.7 Å². The van der Waals surface area contributed by atoms with Crippen LogP contribution in [0, 0.1) is 12.8 Å². The van der Waals surface area contributed by atoms with Crippen molar-refractivity contribution in [2.24, 2.45) is 5.92 Å². The van der Waals surface area contributed by atoms with Gasteiger partial charge in [0.25, 0.3) is 0 Å². The molecule has 1 unspecified atom stereocenters. The number of aryl methyl sites for hydroxylation is 1. The molecule has 1 N–H and O–H groups in total. The van der Waals surface area contributed by atoms with Gasteiger partial charge in [0.15, 0.2) is 5.82 Å². The third kappa shape index (κ3) is 3.18. The molecular weight excluding hydrogens is 260 g/mol. The second kappa shape index (κ2) is 6.24. The Bertz CT molecular complexity index is 533. The van der Waals surface area contributed by atoms with Crippen LogP contribution in [0.2, 0.25) is 0 Å². The van der Waals surface area contributed by atoms with Gasteiger partial charge in [-0.3, -0.25) is 0 Å². The minimum atomic E-state index is 0.126. The first kappa shape index (κ1) is 14.1. The largest absolute Gasteiger partial charge is 0.367 e. The van der Waals surface area contributed by atoms with Crippen molar-refractivity contribution in [2.75, 3.05) is 11.9 Å². The van der Waals surface area contributed by atoms with Gasteiger partial charge >= 0.3 is 0 Å². The highest BCUT2D eigenvalue weighted by atomic mass is 35.5. The number of rotatable bonds is 6. The number of alkyl halides is 1. The number of anilines is 1. The standard InChI is InChI=1S/C14H21ClN4/c1-4-11(5-2)12(15)9-17-14-13-8-10(3)18-19(13)7-6-16-14/h6-8,11-12H,4-5,9H2,1-3H3,(H,16,17). The van der Waals surface area contributed by atoms with Crippen LogP contribution in [0.15, 0.2) is 18.5 Å². The van der Waals surface area contributed by atoms with Gasteiger partial charge in [-0.05, 0) is 18.9 Å². The second-order valence-corrected chi connectivity index (χ2v) is 5.43. The van der Waals surface area contributed by atoms with E-state index < -0.39 is 0 Å². The normalized spacial score (nSPS) is 13.1. The summed E-state index contributed by atoms with van der Waals surface area (Å²) in [6.07, 6.45) is 5.82. The molecule has 0 aromatic carbocycles. The smallest absolute Gasteiger partial charge is 0.152 e. The summed E-state index contributed by atoms with van der Waals surface area (Å²) in [5.74, 6) is 1.39. The molecule has 2 aromatic heterocycles. The van der Waals surface area contributed by atoms with Crippen molar-refractivity contribution in [3.8, 4) is 0 Å². The zero-order valence-corrected chi connectivity index (χ0v) is 12.5.